The maximum absolute atomic E-state index is 13.7. The number of rotatable bonds is 3. The van der Waals surface area contributed by atoms with E-state index in [1.54, 1.807) is 18.3 Å². The number of sulfonamides is 1. The zero-order valence-corrected chi connectivity index (χ0v) is 15.1. The van der Waals surface area contributed by atoms with Crippen LogP contribution in [0.15, 0.2) is 81.1 Å². The number of fused-ring (bicyclic) bond motifs is 1. The normalized spacial score (nSPS) is 11.6. The zero-order chi connectivity index (χ0) is 19.9. The summed E-state index contributed by atoms with van der Waals surface area (Å²) in [4.78, 5) is 17.1. The molecule has 4 rings (SSSR count). The van der Waals surface area contributed by atoms with Crippen LogP contribution in [0.4, 0.5) is 4.39 Å². The highest BCUT2D eigenvalue weighted by Gasteiger charge is 2.19. The summed E-state index contributed by atoms with van der Waals surface area (Å²) in [7, 11) is -3.86. The molecule has 140 valence electrons. The van der Waals surface area contributed by atoms with Crippen molar-refractivity contribution < 1.29 is 17.2 Å². The molecule has 0 saturated carbocycles. The van der Waals surface area contributed by atoms with Crippen LogP contribution in [0.1, 0.15) is 0 Å². The molecule has 0 aliphatic carbocycles. The number of nitrogens with two attached hydrogens (primary N) is 1. The number of hydrogen-bond acceptors (Lipinski definition) is 5. The Morgan fingerprint density at radius 2 is 1.75 bits per heavy atom. The lowest BCUT2D eigenvalue weighted by molar-refractivity contribution is 0.596. The third-order valence-corrected chi connectivity index (χ3v) is 5.18. The largest absolute Gasteiger partial charge is 0.455 e. The lowest BCUT2D eigenvalue weighted by Gasteiger charge is -2.11. The van der Waals surface area contributed by atoms with Crippen molar-refractivity contribution in [1.29, 1.82) is 0 Å². The minimum Gasteiger partial charge on any atom is -0.455 e. The maximum atomic E-state index is 13.7. The van der Waals surface area contributed by atoms with Crippen molar-refractivity contribution in [2.45, 2.75) is 4.90 Å². The summed E-state index contributed by atoms with van der Waals surface area (Å²) >= 11 is 0. The Morgan fingerprint density at radius 1 is 1.00 bits per heavy atom. The average Bonchev–Trinajstić information content (AvgIpc) is 2.67. The van der Waals surface area contributed by atoms with E-state index in [4.69, 9.17) is 9.56 Å². The Balaban J connectivity index is 2.05. The quantitative estimate of drug-likeness (QED) is 0.572. The van der Waals surface area contributed by atoms with Gasteiger partial charge in [-0.05, 0) is 42.5 Å². The molecule has 0 aliphatic heterocycles. The molecule has 2 aromatic carbocycles. The van der Waals surface area contributed by atoms with Crippen LogP contribution < -0.4 is 10.6 Å². The minimum atomic E-state index is -3.86. The molecule has 2 aromatic heterocycles. The van der Waals surface area contributed by atoms with Gasteiger partial charge in [-0.25, -0.2) is 17.9 Å². The summed E-state index contributed by atoms with van der Waals surface area (Å²) in [5, 5.41) is 5.36. The van der Waals surface area contributed by atoms with E-state index in [1.165, 1.54) is 42.6 Å². The van der Waals surface area contributed by atoms with Gasteiger partial charge in [-0.2, -0.15) is 0 Å². The van der Waals surface area contributed by atoms with E-state index in [2.05, 4.69) is 4.98 Å². The zero-order valence-electron chi connectivity index (χ0n) is 14.3. The first-order valence-corrected chi connectivity index (χ1v) is 9.69. The van der Waals surface area contributed by atoms with Crippen LogP contribution in [0.25, 0.3) is 33.4 Å². The van der Waals surface area contributed by atoms with E-state index in [1.807, 2.05) is 0 Å². The SMILES string of the molecule is NS(=O)(=O)c1ccc(-c2oc3cc(F)ccc3c(=O)c2-c2cccnc2)cc1. The molecule has 0 spiro atoms. The molecule has 6 nitrogen and oxygen atoms in total. The lowest BCUT2D eigenvalue weighted by Crippen LogP contribution is -2.12. The van der Waals surface area contributed by atoms with Crippen molar-refractivity contribution in [1.82, 2.24) is 4.98 Å². The van der Waals surface area contributed by atoms with Crippen molar-refractivity contribution in [2.24, 2.45) is 5.14 Å². The number of hydrogen-bond donors (Lipinski definition) is 1. The van der Waals surface area contributed by atoms with Crippen molar-refractivity contribution in [3.63, 3.8) is 0 Å². The third-order valence-electron chi connectivity index (χ3n) is 4.25. The van der Waals surface area contributed by atoms with Gasteiger partial charge in [-0.3, -0.25) is 9.78 Å². The topological polar surface area (TPSA) is 103 Å². The van der Waals surface area contributed by atoms with Crippen LogP contribution in [-0.4, -0.2) is 13.4 Å². The van der Waals surface area contributed by atoms with Gasteiger partial charge in [0.05, 0.1) is 15.8 Å². The van der Waals surface area contributed by atoms with E-state index >= 15 is 0 Å². The summed E-state index contributed by atoms with van der Waals surface area (Å²) in [6.45, 7) is 0. The second kappa shape index (κ2) is 6.66. The second-order valence-corrected chi connectivity index (χ2v) is 7.65. The fourth-order valence-electron chi connectivity index (χ4n) is 2.94. The Bertz CT molecular complexity index is 1350. The van der Waals surface area contributed by atoms with Crippen LogP contribution in [0, 0.1) is 5.82 Å². The molecule has 0 fully saturated rings. The number of primary sulfonamides is 1. The Labute approximate surface area is 159 Å². The van der Waals surface area contributed by atoms with E-state index < -0.39 is 15.8 Å². The molecule has 2 heterocycles. The lowest BCUT2D eigenvalue weighted by atomic mass is 9.99. The summed E-state index contributed by atoms with van der Waals surface area (Å²) in [6, 6.07) is 12.6. The van der Waals surface area contributed by atoms with Crippen LogP contribution in [0.3, 0.4) is 0 Å². The molecule has 0 radical (unpaired) electrons. The first-order valence-electron chi connectivity index (χ1n) is 8.14. The predicted octanol–water partition coefficient (Wildman–Crippen LogP) is 3.31. The number of nitrogens with zero attached hydrogens (tertiary/aromatic N) is 1. The van der Waals surface area contributed by atoms with E-state index in [0.717, 1.165) is 6.07 Å². The van der Waals surface area contributed by atoms with E-state index in [0.29, 0.717) is 11.1 Å². The molecule has 0 saturated heterocycles. The smallest absolute Gasteiger partial charge is 0.238 e. The second-order valence-electron chi connectivity index (χ2n) is 6.09. The summed E-state index contributed by atoms with van der Waals surface area (Å²) < 4.78 is 42.5. The van der Waals surface area contributed by atoms with Crippen molar-refractivity contribution in [2.75, 3.05) is 0 Å². The fraction of sp³-hybridized carbons (Fsp3) is 0. The van der Waals surface area contributed by atoms with Gasteiger partial charge in [0.15, 0.2) is 0 Å². The highest BCUT2D eigenvalue weighted by atomic mass is 32.2. The highest BCUT2D eigenvalue weighted by Crippen LogP contribution is 2.32. The van der Waals surface area contributed by atoms with Crippen LogP contribution in [0.5, 0.6) is 0 Å². The van der Waals surface area contributed by atoms with E-state index in [9.17, 15) is 17.6 Å². The monoisotopic (exact) mass is 396 g/mol. The molecule has 4 aromatic rings. The summed E-state index contributed by atoms with van der Waals surface area (Å²) in [5.74, 6) is -0.364. The first-order chi connectivity index (χ1) is 13.3. The van der Waals surface area contributed by atoms with Gasteiger partial charge in [0.25, 0.3) is 0 Å². The minimum absolute atomic E-state index is 0.0756. The fourth-order valence-corrected chi connectivity index (χ4v) is 3.45. The van der Waals surface area contributed by atoms with Gasteiger partial charge in [-0.15, -0.1) is 0 Å². The van der Waals surface area contributed by atoms with Gasteiger partial charge in [0, 0.05) is 29.6 Å². The number of pyridine rings is 1. The molecule has 0 unspecified atom stereocenters. The van der Waals surface area contributed by atoms with Crippen LogP contribution in [-0.2, 0) is 10.0 Å². The summed E-state index contributed by atoms with van der Waals surface area (Å²) in [6.07, 6.45) is 3.09. The molecule has 28 heavy (non-hydrogen) atoms. The Hall–Kier alpha value is -3.36. The number of benzene rings is 2. The molecular formula is C20H13FN2O4S. The molecule has 0 atom stereocenters. The van der Waals surface area contributed by atoms with Crippen LogP contribution >= 0.6 is 0 Å². The van der Waals surface area contributed by atoms with Crippen molar-refractivity contribution >= 4 is 21.0 Å². The van der Waals surface area contributed by atoms with Gasteiger partial charge in [-0.1, -0.05) is 6.07 Å². The van der Waals surface area contributed by atoms with Crippen molar-refractivity contribution in [3.05, 3.63) is 83.0 Å². The highest BCUT2D eigenvalue weighted by molar-refractivity contribution is 7.89. The van der Waals surface area contributed by atoms with Gasteiger partial charge >= 0.3 is 0 Å². The summed E-state index contributed by atoms with van der Waals surface area (Å²) in [5.41, 5.74) is 0.945. The molecular weight excluding hydrogens is 383 g/mol. The van der Waals surface area contributed by atoms with Crippen LogP contribution in [0.2, 0.25) is 0 Å². The maximum Gasteiger partial charge on any atom is 0.238 e. The number of aromatic nitrogens is 1. The average molecular weight is 396 g/mol. The Kier molecular flexibility index (Phi) is 4.29. The molecule has 0 bridgehead atoms. The standard InChI is InChI=1S/C20H13FN2O4S/c21-14-5-8-16-17(10-14)27-20(12-3-6-15(7-4-12)28(22,25)26)18(19(16)24)13-2-1-9-23-11-13/h1-11H,(H2,22,25,26). The molecule has 0 aliphatic rings. The Morgan fingerprint density at radius 3 is 2.39 bits per heavy atom. The first kappa shape index (κ1) is 18.0. The van der Waals surface area contributed by atoms with Gasteiger partial charge in [0.2, 0.25) is 15.5 Å². The van der Waals surface area contributed by atoms with Crippen molar-refractivity contribution in [3.8, 4) is 22.5 Å². The third kappa shape index (κ3) is 3.19. The van der Waals surface area contributed by atoms with E-state index in [-0.39, 0.29) is 32.6 Å². The molecule has 0 amide bonds. The van der Waals surface area contributed by atoms with Gasteiger partial charge in [0.1, 0.15) is 17.2 Å². The molecule has 8 heteroatoms. The molecule has 2 N–H and O–H groups in total. The van der Waals surface area contributed by atoms with Gasteiger partial charge < -0.3 is 4.42 Å². The predicted molar refractivity (Wildman–Crippen MR) is 102 cm³/mol. The number of halogens is 1.